The van der Waals surface area contributed by atoms with E-state index >= 15 is 0 Å². The molecule has 2 aliphatic heterocycles. The van der Waals surface area contributed by atoms with E-state index in [-0.39, 0.29) is 0 Å². The van der Waals surface area contributed by atoms with Crippen molar-refractivity contribution in [1.29, 1.82) is 0 Å². The van der Waals surface area contributed by atoms with Crippen LogP contribution >= 0.6 is 0 Å². The average molecular weight is 629 g/mol. The number of alkyl halides is 6. The van der Waals surface area contributed by atoms with Crippen LogP contribution in [0.2, 0.25) is 0 Å². The first-order chi connectivity index (χ1) is 19.1. The molecule has 0 bridgehead atoms. The third-order valence-electron chi connectivity index (χ3n) is 7.01. The van der Waals surface area contributed by atoms with Gasteiger partial charge in [-0.1, -0.05) is 60.7 Å². The summed E-state index contributed by atoms with van der Waals surface area (Å²) in [6.45, 7) is 0. The van der Waals surface area contributed by atoms with Crippen LogP contribution in [-0.2, 0) is 20.2 Å². The zero-order chi connectivity index (χ0) is 29.6. The SMILES string of the molecule is O=S(=O)(Oc1ccc2c(c1)[Si]1(c3ccccc3-2)c2ccccc2-c2ccc(OS(=O)(=O)C(F)(F)F)cc21)C(F)(F)F. The Kier molecular flexibility index (Phi) is 5.73. The first kappa shape index (κ1) is 27.4. The predicted octanol–water partition coefficient (Wildman–Crippen LogP) is 3.48. The van der Waals surface area contributed by atoms with Gasteiger partial charge in [0.2, 0.25) is 0 Å². The molecule has 2 heterocycles. The summed E-state index contributed by atoms with van der Waals surface area (Å²) < 4.78 is 135. The molecule has 0 saturated carbocycles. The van der Waals surface area contributed by atoms with Crippen molar-refractivity contribution in [2.45, 2.75) is 11.0 Å². The van der Waals surface area contributed by atoms with Crippen molar-refractivity contribution in [3.8, 4) is 33.8 Å². The van der Waals surface area contributed by atoms with Crippen molar-refractivity contribution in [3.05, 3.63) is 84.9 Å². The molecule has 0 aromatic heterocycles. The maximum Gasteiger partial charge on any atom is 0.534 e. The minimum atomic E-state index is -6.01. The van der Waals surface area contributed by atoms with Crippen LogP contribution in [0.3, 0.4) is 0 Å². The highest BCUT2D eigenvalue weighted by Gasteiger charge is 2.55. The summed E-state index contributed by atoms with van der Waals surface area (Å²) in [6.07, 6.45) is 0. The Bertz CT molecular complexity index is 1830. The van der Waals surface area contributed by atoms with Gasteiger partial charge in [0, 0.05) is 0 Å². The van der Waals surface area contributed by atoms with Crippen LogP contribution in [0, 0.1) is 0 Å². The number of hydrogen-bond acceptors (Lipinski definition) is 6. The molecule has 15 heteroatoms. The van der Waals surface area contributed by atoms with Gasteiger partial charge in [0.15, 0.2) is 8.07 Å². The van der Waals surface area contributed by atoms with E-state index in [0.29, 0.717) is 43.0 Å². The Morgan fingerprint density at radius 3 is 1.20 bits per heavy atom. The average Bonchev–Trinajstić information content (AvgIpc) is 3.33. The van der Waals surface area contributed by atoms with E-state index in [1.165, 1.54) is 24.3 Å². The summed E-state index contributed by atoms with van der Waals surface area (Å²) >= 11 is 0. The zero-order valence-corrected chi connectivity index (χ0v) is 22.7. The van der Waals surface area contributed by atoms with E-state index in [9.17, 15) is 43.2 Å². The maximum atomic E-state index is 13.1. The fourth-order valence-corrected chi connectivity index (χ4v) is 12.1. The lowest BCUT2D eigenvalue weighted by Gasteiger charge is -2.28. The summed E-state index contributed by atoms with van der Waals surface area (Å²) in [6, 6.07) is 21.4. The fourth-order valence-electron chi connectivity index (χ4n) is 5.55. The molecule has 0 saturated heterocycles. The van der Waals surface area contributed by atoms with Gasteiger partial charge in [0.1, 0.15) is 11.5 Å². The van der Waals surface area contributed by atoms with E-state index in [1.54, 1.807) is 48.5 Å². The van der Waals surface area contributed by atoms with Crippen molar-refractivity contribution < 1.29 is 51.5 Å². The Hall–Kier alpha value is -3.82. The van der Waals surface area contributed by atoms with Crippen LogP contribution < -0.4 is 29.1 Å². The molecule has 0 N–H and O–H groups in total. The zero-order valence-electron chi connectivity index (χ0n) is 20.1. The topological polar surface area (TPSA) is 86.7 Å². The van der Waals surface area contributed by atoms with E-state index in [2.05, 4.69) is 8.37 Å². The van der Waals surface area contributed by atoms with E-state index in [4.69, 9.17) is 0 Å². The van der Waals surface area contributed by atoms with Gasteiger partial charge in [0.25, 0.3) is 0 Å². The van der Waals surface area contributed by atoms with Crippen molar-refractivity contribution in [3.63, 3.8) is 0 Å². The van der Waals surface area contributed by atoms with Gasteiger partial charge in [-0.05, 0) is 67.3 Å². The largest absolute Gasteiger partial charge is 0.534 e. The summed E-state index contributed by atoms with van der Waals surface area (Å²) in [5, 5.41) is 2.26. The van der Waals surface area contributed by atoms with Gasteiger partial charge in [0.05, 0.1) is 0 Å². The molecule has 1 spiro atoms. The van der Waals surface area contributed by atoms with Gasteiger partial charge in [-0.3, -0.25) is 0 Å². The monoisotopic (exact) mass is 628 g/mol. The molecule has 0 aliphatic carbocycles. The first-order valence-electron chi connectivity index (χ1n) is 11.6. The molecule has 212 valence electrons. The normalized spacial score (nSPS) is 15.2. The van der Waals surface area contributed by atoms with Crippen LogP contribution in [-0.4, -0.2) is 35.9 Å². The molecule has 6 rings (SSSR count). The lowest BCUT2D eigenvalue weighted by atomic mass is 10.1. The van der Waals surface area contributed by atoms with E-state index in [0.717, 1.165) is 12.1 Å². The van der Waals surface area contributed by atoms with Crippen LogP contribution in [0.4, 0.5) is 26.3 Å². The maximum absolute atomic E-state index is 13.1. The molecule has 0 unspecified atom stereocenters. The smallest absolute Gasteiger partial charge is 0.376 e. The van der Waals surface area contributed by atoms with Gasteiger partial charge in [-0.15, -0.1) is 0 Å². The molecule has 0 radical (unpaired) electrons. The van der Waals surface area contributed by atoms with Crippen molar-refractivity contribution in [2.75, 3.05) is 0 Å². The van der Waals surface area contributed by atoms with Crippen molar-refractivity contribution in [2.24, 2.45) is 0 Å². The second kappa shape index (κ2) is 8.59. The van der Waals surface area contributed by atoms with Gasteiger partial charge in [-0.2, -0.15) is 43.2 Å². The Morgan fingerprint density at radius 2 is 0.829 bits per heavy atom. The highest BCUT2D eigenvalue weighted by Crippen LogP contribution is 2.39. The molecular formula is C26H14F6O6S2Si. The van der Waals surface area contributed by atoms with E-state index < -0.39 is 50.8 Å². The van der Waals surface area contributed by atoms with Crippen LogP contribution in [0.5, 0.6) is 11.5 Å². The number of halogens is 6. The van der Waals surface area contributed by atoms with Crippen LogP contribution in [0.1, 0.15) is 0 Å². The Morgan fingerprint density at radius 1 is 0.488 bits per heavy atom. The van der Waals surface area contributed by atoms with Gasteiger partial charge < -0.3 is 8.37 Å². The standard InChI is InChI=1S/C26H14F6O6S2Si/c27-25(28,29)39(33,34)37-15-9-11-19-17-5-1-3-7-21(17)41(23(19)13-15)22-8-4-2-6-18(22)20-12-10-16(14-24(20)41)38-40(35,36)26(30,31)32/h1-14H. The van der Waals surface area contributed by atoms with Gasteiger partial charge in [-0.25, -0.2) is 0 Å². The molecule has 0 atom stereocenters. The minimum absolute atomic E-state index is 0.413. The fraction of sp³-hybridized carbons (Fsp3) is 0.0769. The molecule has 4 aromatic carbocycles. The molecule has 4 aromatic rings. The highest BCUT2D eigenvalue weighted by atomic mass is 32.2. The molecule has 2 aliphatic rings. The molecule has 6 nitrogen and oxygen atoms in total. The lowest BCUT2D eigenvalue weighted by molar-refractivity contribution is -0.0504. The number of rotatable bonds is 4. The van der Waals surface area contributed by atoms with E-state index in [1.807, 2.05) is 0 Å². The summed E-state index contributed by atoms with van der Waals surface area (Å²) in [7, 11) is -15.6. The number of hydrogen-bond donors (Lipinski definition) is 0. The number of fused-ring (bicyclic) bond motifs is 10. The quantitative estimate of drug-likeness (QED) is 0.129. The van der Waals surface area contributed by atoms with Crippen molar-refractivity contribution in [1.82, 2.24) is 0 Å². The molecule has 41 heavy (non-hydrogen) atoms. The highest BCUT2D eigenvalue weighted by molar-refractivity contribution is 7.88. The third kappa shape index (κ3) is 3.89. The number of benzene rings is 4. The molecule has 0 amide bonds. The Balaban J connectivity index is 1.64. The summed E-state index contributed by atoms with van der Waals surface area (Å²) in [5.41, 5.74) is -8.91. The lowest BCUT2D eigenvalue weighted by Crippen LogP contribution is -2.70. The molecular weight excluding hydrogens is 614 g/mol. The van der Waals surface area contributed by atoms with Gasteiger partial charge >= 0.3 is 31.3 Å². The third-order valence-corrected chi connectivity index (χ3v) is 13.9. The first-order valence-corrected chi connectivity index (χ1v) is 16.4. The van der Waals surface area contributed by atoms with Crippen LogP contribution in [0.25, 0.3) is 22.3 Å². The summed E-state index contributed by atoms with van der Waals surface area (Å²) in [4.78, 5) is 0. The predicted molar refractivity (Wildman–Crippen MR) is 139 cm³/mol. The summed E-state index contributed by atoms with van der Waals surface area (Å²) in [5.74, 6) is -1.22. The molecule has 0 fully saturated rings. The van der Waals surface area contributed by atoms with Crippen molar-refractivity contribution >= 4 is 49.1 Å². The minimum Gasteiger partial charge on any atom is -0.376 e. The van der Waals surface area contributed by atoms with Crippen LogP contribution in [0.15, 0.2) is 84.9 Å². The second-order valence-electron chi connectivity index (χ2n) is 9.22. The Labute approximate surface area is 230 Å². The second-order valence-corrected chi connectivity index (χ2v) is 16.0.